The molecule has 1 aromatic heterocycles. The number of nitrogens with one attached hydrogen (secondary N) is 1. The molecule has 0 amide bonds. The van der Waals surface area contributed by atoms with Crippen LogP contribution in [0.25, 0.3) is 17.5 Å². The summed E-state index contributed by atoms with van der Waals surface area (Å²) < 4.78 is 10.8. The van der Waals surface area contributed by atoms with E-state index in [-0.39, 0.29) is 11.5 Å². The van der Waals surface area contributed by atoms with Crippen molar-refractivity contribution in [1.82, 2.24) is 10.1 Å². The Kier molecular flexibility index (Phi) is 11.2. The molecule has 0 spiro atoms. The van der Waals surface area contributed by atoms with Crippen LogP contribution in [0.1, 0.15) is 58.3 Å². The minimum atomic E-state index is -0.927. The van der Waals surface area contributed by atoms with Gasteiger partial charge in [0, 0.05) is 11.1 Å². The van der Waals surface area contributed by atoms with Crippen molar-refractivity contribution in [2.75, 3.05) is 6.61 Å². The Labute approximate surface area is 263 Å². The summed E-state index contributed by atoms with van der Waals surface area (Å²) in [5.41, 5.74) is 5.74. The quantitative estimate of drug-likeness (QED) is 0.111. The lowest BCUT2D eigenvalue weighted by atomic mass is 9.91. The molecule has 0 fully saturated rings. The molecule has 5 rings (SSSR count). The van der Waals surface area contributed by atoms with Gasteiger partial charge in [-0.05, 0) is 85.8 Å². The first kappa shape index (κ1) is 31.3. The van der Waals surface area contributed by atoms with Gasteiger partial charge in [0.1, 0.15) is 5.75 Å². The highest BCUT2D eigenvalue weighted by Crippen LogP contribution is 2.24. The summed E-state index contributed by atoms with van der Waals surface area (Å²) in [6.45, 7) is 0.678. The molecule has 0 aliphatic rings. The minimum Gasteiger partial charge on any atom is -0.493 e. The third-order valence-corrected chi connectivity index (χ3v) is 7.85. The van der Waals surface area contributed by atoms with Gasteiger partial charge >= 0.3 is 11.7 Å². The molecular weight excluding hydrogens is 564 g/mol. The van der Waals surface area contributed by atoms with Crippen molar-refractivity contribution in [3.63, 3.8) is 0 Å². The lowest BCUT2D eigenvalue weighted by Gasteiger charge is -2.15. The average Bonchev–Trinajstić information content (AvgIpc) is 3.51. The van der Waals surface area contributed by atoms with Crippen molar-refractivity contribution in [3.05, 3.63) is 148 Å². The van der Waals surface area contributed by atoms with Gasteiger partial charge in [-0.2, -0.15) is 0 Å². The Bertz CT molecular complexity index is 1720. The van der Waals surface area contributed by atoms with Gasteiger partial charge < -0.3 is 9.84 Å². The third-order valence-electron chi connectivity index (χ3n) is 7.85. The van der Waals surface area contributed by atoms with Gasteiger partial charge in [0.05, 0.1) is 12.2 Å². The maximum Gasteiger partial charge on any atom is 0.439 e. The van der Waals surface area contributed by atoms with Crippen molar-refractivity contribution in [2.24, 2.45) is 5.92 Å². The van der Waals surface area contributed by atoms with Crippen molar-refractivity contribution >= 4 is 12.0 Å². The van der Waals surface area contributed by atoms with E-state index in [1.165, 1.54) is 11.1 Å². The van der Waals surface area contributed by atoms with Gasteiger partial charge in [0.15, 0.2) is 5.82 Å². The van der Waals surface area contributed by atoms with Crippen LogP contribution in [0, 0.1) is 5.92 Å². The molecule has 0 radical (unpaired) electrons. The molecule has 7 nitrogen and oxygen atoms in total. The molecule has 1 unspecified atom stereocenters. The lowest BCUT2D eigenvalue weighted by Crippen LogP contribution is -2.05. The number of aromatic carboxylic acids is 1. The first-order valence-corrected chi connectivity index (χ1v) is 15.4. The Morgan fingerprint density at radius 3 is 2.27 bits per heavy atom. The van der Waals surface area contributed by atoms with Crippen LogP contribution in [-0.4, -0.2) is 27.8 Å². The highest BCUT2D eigenvalue weighted by Gasteiger charge is 2.11. The predicted molar refractivity (Wildman–Crippen MR) is 176 cm³/mol. The molecule has 1 atom stereocenters. The van der Waals surface area contributed by atoms with E-state index in [9.17, 15) is 14.7 Å². The number of carbonyl (C=O) groups is 1. The van der Waals surface area contributed by atoms with E-state index in [0.717, 1.165) is 67.4 Å². The number of aromatic nitrogens is 2. The van der Waals surface area contributed by atoms with Crippen LogP contribution in [0.2, 0.25) is 0 Å². The number of rotatable bonds is 16. The number of benzene rings is 4. The van der Waals surface area contributed by atoms with Gasteiger partial charge in [-0.1, -0.05) is 102 Å². The molecule has 2 N–H and O–H groups in total. The zero-order chi connectivity index (χ0) is 31.3. The van der Waals surface area contributed by atoms with Crippen LogP contribution in [0.3, 0.4) is 0 Å². The fourth-order valence-electron chi connectivity index (χ4n) is 5.31. The highest BCUT2D eigenvalue weighted by atomic mass is 16.5. The molecule has 0 bridgehead atoms. The topological polar surface area (TPSA) is 105 Å². The van der Waals surface area contributed by atoms with E-state index in [2.05, 4.69) is 63.2 Å². The van der Waals surface area contributed by atoms with Crippen LogP contribution >= 0.6 is 0 Å². The van der Waals surface area contributed by atoms with E-state index in [4.69, 9.17) is 4.74 Å². The predicted octanol–water partition coefficient (Wildman–Crippen LogP) is 8.02. The number of nitrogens with zero attached hydrogens (tertiary/aromatic N) is 1. The zero-order valence-electron chi connectivity index (χ0n) is 25.2. The summed E-state index contributed by atoms with van der Waals surface area (Å²) in [6, 6.07) is 33.7. The van der Waals surface area contributed by atoms with E-state index in [0.29, 0.717) is 12.4 Å². The van der Waals surface area contributed by atoms with Gasteiger partial charge in [-0.25, -0.2) is 9.59 Å². The van der Waals surface area contributed by atoms with E-state index in [1.807, 2.05) is 54.6 Å². The molecular formula is C38H38N2O5. The Hall–Kier alpha value is -5.17. The Morgan fingerprint density at radius 2 is 1.53 bits per heavy atom. The Balaban J connectivity index is 1.21. The molecule has 0 saturated heterocycles. The van der Waals surface area contributed by atoms with Crippen molar-refractivity contribution in [2.45, 2.75) is 44.9 Å². The SMILES string of the molecule is O=C(O)c1ccc(CC(/C=C/c2ccccc2OCCCCCc2ccccc2)CCc2ccc(-c3noc(=O)[nH]3)cc2)cc1. The van der Waals surface area contributed by atoms with Crippen molar-refractivity contribution in [3.8, 4) is 17.1 Å². The maximum absolute atomic E-state index is 11.3. The number of ether oxygens (including phenoxy) is 1. The molecule has 230 valence electrons. The molecule has 1 heterocycles. The van der Waals surface area contributed by atoms with Gasteiger partial charge in [-0.15, -0.1) is 0 Å². The zero-order valence-corrected chi connectivity index (χ0v) is 25.2. The smallest absolute Gasteiger partial charge is 0.439 e. The van der Waals surface area contributed by atoms with Gasteiger partial charge in [-0.3, -0.25) is 9.51 Å². The number of carboxylic acids is 1. The number of allylic oxidation sites excluding steroid dienone is 1. The Morgan fingerprint density at radius 1 is 0.822 bits per heavy atom. The number of unbranched alkanes of at least 4 members (excludes halogenated alkanes) is 2. The highest BCUT2D eigenvalue weighted by molar-refractivity contribution is 5.87. The molecule has 7 heteroatoms. The number of hydrogen-bond acceptors (Lipinski definition) is 5. The number of H-pyrrole nitrogens is 1. The van der Waals surface area contributed by atoms with Gasteiger partial charge in [0.2, 0.25) is 0 Å². The van der Waals surface area contributed by atoms with Gasteiger partial charge in [0.25, 0.3) is 0 Å². The first-order valence-electron chi connectivity index (χ1n) is 15.4. The summed E-state index contributed by atoms with van der Waals surface area (Å²) in [5.74, 6) is -0.0128. The van der Waals surface area contributed by atoms with Crippen LogP contribution in [0.4, 0.5) is 0 Å². The summed E-state index contributed by atoms with van der Waals surface area (Å²) in [6.07, 6.45) is 11.3. The summed E-state index contributed by atoms with van der Waals surface area (Å²) in [7, 11) is 0. The first-order chi connectivity index (χ1) is 22.0. The molecule has 0 aliphatic heterocycles. The molecule has 0 aliphatic carbocycles. The lowest BCUT2D eigenvalue weighted by molar-refractivity contribution is 0.0697. The second-order valence-corrected chi connectivity index (χ2v) is 11.2. The second kappa shape index (κ2) is 16.1. The van der Waals surface area contributed by atoms with E-state index < -0.39 is 11.7 Å². The monoisotopic (exact) mass is 602 g/mol. The average molecular weight is 603 g/mol. The third kappa shape index (κ3) is 9.66. The minimum absolute atomic E-state index is 0.207. The molecule has 4 aromatic carbocycles. The van der Waals surface area contributed by atoms with E-state index >= 15 is 0 Å². The van der Waals surface area contributed by atoms with Crippen molar-refractivity contribution in [1.29, 1.82) is 0 Å². The summed E-state index contributed by atoms with van der Waals surface area (Å²) >= 11 is 0. The number of hydrogen-bond donors (Lipinski definition) is 2. The van der Waals surface area contributed by atoms with Crippen LogP contribution in [0.15, 0.2) is 119 Å². The molecule has 0 saturated carbocycles. The maximum atomic E-state index is 11.3. The molecule has 45 heavy (non-hydrogen) atoms. The number of aryl methyl sites for hydroxylation is 2. The summed E-state index contributed by atoms with van der Waals surface area (Å²) in [5, 5.41) is 13.1. The van der Waals surface area contributed by atoms with Crippen LogP contribution < -0.4 is 10.5 Å². The fourth-order valence-corrected chi connectivity index (χ4v) is 5.31. The normalized spacial score (nSPS) is 11.9. The largest absolute Gasteiger partial charge is 0.493 e. The summed E-state index contributed by atoms with van der Waals surface area (Å²) in [4.78, 5) is 25.2. The number of carboxylic acid groups (broad SMARTS) is 1. The van der Waals surface area contributed by atoms with Crippen molar-refractivity contribution < 1.29 is 19.2 Å². The van der Waals surface area contributed by atoms with Crippen LogP contribution in [-0.2, 0) is 19.3 Å². The second-order valence-electron chi connectivity index (χ2n) is 11.2. The fraction of sp³-hybridized carbons (Fsp3) is 0.237. The van der Waals surface area contributed by atoms with Crippen LogP contribution in [0.5, 0.6) is 5.75 Å². The number of aromatic amines is 1. The molecule has 5 aromatic rings. The standard InChI is InChI=1S/C38H38N2O5/c41-37(42)34-24-19-31(20-25-34)27-30(15-14-29-16-22-33(23-17-29)36-39-38(43)45-40-36)18-21-32-12-6-7-13-35(32)44-26-8-2-5-11-28-9-3-1-4-10-28/h1,3-4,6-7,9-10,12-13,16-25,30H,2,5,8,11,14-15,26-27H2,(H,41,42)(H,39,40,43)/b21-18+. The number of para-hydroxylation sites is 1. The van der Waals surface area contributed by atoms with E-state index in [1.54, 1.807) is 12.1 Å².